The van der Waals surface area contributed by atoms with Gasteiger partial charge in [-0.3, -0.25) is 0 Å². The lowest BCUT2D eigenvalue weighted by molar-refractivity contribution is 0.408. The molecule has 0 bridgehead atoms. The molecule has 0 saturated heterocycles. The highest BCUT2D eigenvalue weighted by molar-refractivity contribution is 4.97. The Morgan fingerprint density at radius 2 is 2.60 bits per heavy atom. The molecule has 0 spiro atoms. The number of hydrogen-bond acceptors (Lipinski definition) is 2. The number of hydrogen-bond donors (Lipinski definition) is 1. The molecule has 3 heteroatoms. The minimum absolute atomic E-state index is 0.172. The van der Waals surface area contributed by atoms with Crippen molar-refractivity contribution in [2.45, 2.75) is 25.4 Å². The molecule has 1 aliphatic rings. The van der Waals surface area contributed by atoms with Crippen molar-refractivity contribution in [3.63, 3.8) is 0 Å². The molecule has 2 rings (SSSR count). The standard InChI is InChI=1S/C7H11N3/c8-6-2-1-3-7-9-4-5-10(6)7/h4-6H,1-3,8H2. The third-order valence-corrected chi connectivity index (χ3v) is 2.01. The van der Waals surface area contributed by atoms with Crippen molar-refractivity contribution in [3.8, 4) is 0 Å². The topological polar surface area (TPSA) is 43.8 Å². The predicted molar refractivity (Wildman–Crippen MR) is 38.4 cm³/mol. The van der Waals surface area contributed by atoms with Gasteiger partial charge in [0.25, 0.3) is 0 Å². The van der Waals surface area contributed by atoms with E-state index in [9.17, 15) is 0 Å². The van der Waals surface area contributed by atoms with Gasteiger partial charge in [0.2, 0.25) is 0 Å². The van der Waals surface area contributed by atoms with Gasteiger partial charge in [-0.15, -0.1) is 0 Å². The van der Waals surface area contributed by atoms with Gasteiger partial charge in [-0.2, -0.15) is 0 Å². The Kier molecular flexibility index (Phi) is 1.24. The first-order valence-electron chi connectivity index (χ1n) is 3.65. The van der Waals surface area contributed by atoms with Gasteiger partial charge in [-0.1, -0.05) is 0 Å². The van der Waals surface area contributed by atoms with E-state index in [4.69, 9.17) is 5.73 Å². The fraction of sp³-hybridized carbons (Fsp3) is 0.571. The first-order valence-corrected chi connectivity index (χ1v) is 3.65. The lowest BCUT2D eigenvalue weighted by atomic mass is 10.1. The molecular weight excluding hydrogens is 126 g/mol. The van der Waals surface area contributed by atoms with Crippen LogP contribution in [0.2, 0.25) is 0 Å². The maximum Gasteiger partial charge on any atom is 0.109 e. The van der Waals surface area contributed by atoms with E-state index in [0.29, 0.717) is 0 Å². The zero-order valence-corrected chi connectivity index (χ0v) is 5.83. The van der Waals surface area contributed by atoms with E-state index < -0.39 is 0 Å². The molecule has 1 aromatic heterocycles. The van der Waals surface area contributed by atoms with Gasteiger partial charge in [-0.25, -0.2) is 4.98 Å². The zero-order valence-electron chi connectivity index (χ0n) is 5.83. The van der Waals surface area contributed by atoms with Crippen molar-refractivity contribution < 1.29 is 0 Å². The van der Waals surface area contributed by atoms with Gasteiger partial charge in [0.05, 0.1) is 6.17 Å². The van der Waals surface area contributed by atoms with Gasteiger partial charge in [-0.05, 0) is 12.8 Å². The normalized spacial score (nSPS) is 24.3. The van der Waals surface area contributed by atoms with Crippen LogP contribution in [0.5, 0.6) is 0 Å². The van der Waals surface area contributed by atoms with E-state index in [1.54, 1.807) is 0 Å². The molecule has 0 aliphatic carbocycles. The van der Waals surface area contributed by atoms with Crippen molar-refractivity contribution in [3.05, 3.63) is 18.2 Å². The highest BCUT2D eigenvalue weighted by Gasteiger charge is 2.14. The fourth-order valence-electron chi connectivity index (χ4n) is 1.45. The number of aromatic nitrogens is 2. The molecule has 0 aromatic carbocycles. The van der Waals surface area contributed by atoms with Gasteiger partial charge < -0.3 is 10.3 Å². The monoisotopic (exact) mass is 137 g/mol. The van der Waals surface area contributed by atoms with Gasteiger partial charge in [0, 0.05) is 18.8 Å². The van der Waals surface area contributed by atoms with Crippen LogP contribution < -0.4 is 5.73 Å². The van der Waals surface area contributed by atoms with Crippen molar-refractivity contribution in [1.82, 2.24) is 9.55 Å². The van der Waals surface area contributed by atoms with Crippen molar-refractivity contribution in [1.29, 1.82) is 0 Å². The third-order valence-electron chi connectivity index (χ3n) is 2.01. The molecule has 2 heterocycles. The summed E-state index contributed by atoms with van der Waals surface area (Å²) in [5.41, 5.74) is 5.81. The van der Waals surface area contributed by atoms with Crippen LogP contribution in [0.3, 0.4) is 0 Å². The Bertz CT molecular complexity index is 229. The molecule has 1 aromatic rings. The molecule has 2 N–H and O–H groups in total. The van der Waals surface area contributed by atoms with Crippen LogP contribution in [0.4, 0.5) is 0 Å². The second kappa shape index (κ2) is 2.09. The Hall–Kier alpha value is -0.830. The van der Waals surface area contributed by atoms with E-state index in [1.807, 2.05) is 12.4 Å². The summed E-state index contributed by atoms with van der Waals surface area (Å²) < 4.78 is 2.06. The minimum atomic E-state index is 0.172. The molecule has 0 radical (unpaired) electrons. The Labute approximate surface area is 59.9 Å². The van der Waals surface area contributed by atoms with Crippen LogP contribution in [0.25, 0.3) is 0 Å². The number of nitrogens with zero attached hydrogens (tertiary/aromatic N) is 2. The molecule has 0 saturated carbocycles. The van der Waals surface area contributed by atoms with E-state index >= 15 is 0 Å². The molecule has 1 aliphatic heterocycles. The summed E-state index contributed by atoms with van der Waals surface area (Å²) in [6.07, 6.45) is 7.30. The van der Waals surface area contributed by atoms with Crippen LogP contribution in [0.15, 0.2) is 12.4 Å². The number of fused-ring (bicyclic) bond motifs is 1. The van der Waals surface area contributed by atoms with E-state index in [0.717, 1.165) is 18.7 Å². The SMILES string of the molecule is NC1CCCc2nccn21. The molecule has 3 nitrogen and oxygen atoms in total. The predicted octanol–water partition coefficient (Wildman–Crippen LogP) is 0.677. The van der Waals surface area contributed by atoms with Crippen LogP contribution in [0.1, 0.15) is 24.8 Å². The largest absolute Gasteiger partial charge is 0.319 e. The van der Waals surface area contributed by atoms with E-state index in [2.05, 4.69) is 9.55 Å². The molecular formula is C7H11N3. The summed E-state index contributed by atoms with van der Waals surface area (Å²) in [6, 6.07) is 0. The third kappa shape index (κ3) is 0.743. The molecule has 10 heavy (non-hydrogen) atoms. The number of nitrogens with two attached hydrogens (primary N) is 1. The van der Waals surface area contributed by atoms with Crippen molar-refractivity contribution in [2.24, 2.45) is 5.73 Å². The van der Waals surface area contributed by atoms with Crippen LogP contribution >= 0.6 is 0 Å². The van der Waals surface area contributed by atoms with E-state index in [1.165, 1.54) is 6.42 Å². The average Bonchev–Trinajstić information content (AvgIpc) is 2.36. The second-order valence-corrected chi connectivity index (χ2v) is 2.71. The van der Waals surface area contributed by atoms with Crippen LogP contribution in [-0.4, -0.2) is 9.55 Å². The lowest BCUT2D eigenvalue weighted by Crippen LogP contribution is -2.24. The van der Waals surface area contributed by atoms with Crippen LogP contribution in [-0.2, 0) is 6.42 Å². The lowest BCUT2D eigenvalue weighted by Gasteiger charge is -2.20. The number of rotatable bonds is 0. The quantitative estimate of drug-likeness (QED) is 0.571. The van der Waals surface area contributed by atoms with Crippen molar-refractivity contribution >= 4 is 0 Å². The molecule has 0 fully saturated rings. The zero-order chi connectivity index (χ0) is 6.97. The Morgan fingerprint density at radius 1 is 1.70 bits per heavy atom. The Balaban J connectivity index is 2.41. The summed E-state index contributed by atoms with van der Waals surface area (Å²) in [5, 5.41) is 0. The molecule has 1 unspecified atom stereocenters. The number of imidazole rings is 1. The maximum atomic E-state index is 5.81. The van der Waals surface area contributed by atoms with Crippen molar-refractivity contribution in [2.75, 3.05) is 0 Å². The summed E-state index contributed by atoms with van der Waals surface area (Å²) in [7, 11) is 0. The second-order valence-electron chi connectivity index (χ2n) is 2.71. The molecule has 1 atom stereocenters. The van der Waals surface area contributed by atoms with Gasteiger partial charge >= 0.3 is 0 Å². The van der Waals surface area contributed by atoms with Gasteiger partial charge in [0.15, 0.2) is 0 Å². The first-order chi connectivity index (χ1) is 4.88. The summed E-state index contributed by atoms with van der Waals surface area (Å²) in [4.78, 5) is 4.19. The highest BCUT2D eigenvalue weighted by atomic mass is 15.2. The highest BCUT2D eigenvalue weighted by Crippen LogP contribution is 2.18. The molecule has 0 amide bonds. The van der Waals surface area contributed by atoms with E-state index in [-0.39, 0.29) is 6.17 Å². The minimum Gasteiger partial charge on any atom is -0.319 e. The van der Waals surface area contributed by atoms with Gasteiger partial charge in [0.1, 0.15) is 5.82 Å². The summed E-state index contributed by atoms with van der Waals surface area (Å²) in [6.45, 7) is 0. The number of aryl methyl sites for hydroxylation is 1. The van der Waals surface area contributed by atoms with Crippen LogP contribution in [0, 0.1) is 0 Å². The summed E-state index contributed by atoms with van der Waals surface area (Å²) >= 11 is 0. The maximum absolute atomic E-state index is 5.81. The first kappa shape index (κ1) is 5.92. The summed E-state index contributed by atoms with van der Waals surface area (Å²) in [5.74, 6) is 1.14. The smallest absolute Gasteiger partial charge is 0.109 e. The Morgan fingerprint density at radius 3 is 3.40 bits per heavy atom. The molecule has 54 valence electrons. The fourth-order valence-corrected chi connectivity index (χ4v) is 1.45. The average molecular weight is 137 g/mol.